The molecule has 3 rings (SSSR count). The molecule has 1 aromatic rings. The van der Waals surface area contributed by atoms with Crippen molar-refractivity contribution in [3.05, 3.63) is 34.3 Å². The Kier molecular flexibility index (Phi) is 4.96. The highest BCUT2D eigenvalue weighted by Crippen LogP contribution is 2.20. The largest absolute Gasteiger partial charge is 0.352 e. The maximum atomic E-state index is 12.2. The molecule has 3 atom stereocenters. The number of carbonyl (C=O) groups is 1. The van der Waals surface area contributed by atoms with Crippen LogP contribution in [-0.2, 0) is 0 Å². The monoisotopic (exact) mass is 351 g/mol. The summed E-state index contributed by atoms with van der Waals surface area (Å²) in [5.41, 5.74) is 0.752. The van der Waals surface area contributed by atoms with Crippen molar-refractivity contribution in [2.24, 2.45) is 5.92 Å². The van der Waals surface area contributed by atoms with Crippen molar-refractivity contribution in [3.8, 4) is 0 Å². The lowest BCUT2D eigenvalue weighted by Crippen LogP contribution is -3.18. The number of quaternary nitrogens is 1. The van der Waals surface area contributed by atoms with Crippen LogP contribution in [0.2, 0.25) is 0 Å². The number of halogens is 1. The normalized spacial score (nSPS) is 28.7. The second-order valence-electron chi connectivity index (χ2n) is 6.38. The first-order valence-electron chi connectivity index (χ1n) is 8.12. The first-order chi connectivity index (χ1) is 10.2. The summed E-state index contributed by atoms with van der Waals surface area (Å²) in [7, 11) is 0. The van der Waals surface area contributed by atoms with E-state index in [4.69, 9.17) is 0 Å². The van der Waals surface area contributed by atoms with Gasteiger partial charge in [-0.3, -0.25) is 4.79 Å². The van der Waals surface area contributed by atoms with E-state index in [2.05, 4.69) is 21.2 Å². The van der Waals surface area contributed by atoms with Crippen molar-refractivity contribution in [3.63, 3.8) is 0 Å². The topological polar surface area (TPSA) is 33.5 Å². The van der Waals surface area contributed by atoms with Gasteiger partial charge in [0, 0.05) is 22.5 Å². The summed E-state index contributed by atoms with van der Waals surface area (Å²) in [5.74, 6) is 0.721. The molecule has 0 spiro atoms. The molecule has 0 aromatic heterocycles. The highest BCUT2D eigenvalue weighted by molar-refractivity contribution is 9.10. The molecule has 0 saturated carbocycles. The van der Waals surface area contributed by atoms with E-state index in [1.54, 1.807) is 4.90 Å². The van der Waals surface area contributed by atoms with E-state index in [0.717, 1.165) is 22.6 Å². The minimum absolute atomic E-state index is 0.0606. The van der Waals surface area contributed by atoms with Crippen molar-refractivity contribution in [1.29, 1.82) is 0 Å². The van der Waals surface area contributed by atoms with Crippen LogP contribution in [-0.4, -0.2) is 31.6 Å². The molecule has 1 aromatic carbocycles. The van der Waals surface area contributed by atoms with E-state index >= 15 is 0 Å². The molecule has 0 bridgehead atoms. The van der Waals surface area contributed by atoms with E-state index < -0.39 is 0 Å². The number of hydrogen-bond acceptors (Lipinski definition) is 1. The van der Waals surface area contributed by atoms with Crippen molar-refractivity contribution in [2.45, 2.75) is 38.1 Å². The average molecular weight is 352 g/mol. The lowest BCUT2D eigenvalue weighted by Gasteiger charge is -2.41. The average Bonchev–Trinajstić information content (AvgIpc) is 2.53. The van der Waals surface area contributed by atoms with E-state index in [1.807, 2.05) is 24.3 Å². The molecule has 114 valence electrons. The Balaban J connectivity index is 1.56. The van der Waals surface area contributed by atoms with E-state index in [1.165, 1.54) is 45.2 Å². The number of nitrogens with one attached hydrogen (secondary N) is 2. The predicted octanol–water partition coefficient (Wildman–Crippen LogP) is 2.03. The first kappa shape index (κ1) is 15.0. The van der Waals surface area contributed by atoms with Crippen LogP contribution in [0.5, 0.6) is 0 Å². The van der Waals surface area contributed by atoms with E-state index in [0.29, 0.717) is 5.92 Å². The van der Waals surface area contributed by atoms with Crippen LogP contribution in [0, 0.1) is 5.92 Å². The summed E-state index contributed by atoms with van der Waals surface area (Å²) >= 11 is 3.40. The lowest BCUT2D eigenvalue weighted by atomic mass is 9.83. The Labute approximate surface area is 135 Å². The summed E-state index contributed by atoms with van der Waals surface area (Å²) < 4.78 is 1.01. The molecule has 4 heteroatoms. The number of rotatable bonds is 3. The van der Waals surface area contributed by atoms with Crippen LogP contribution in [0.1, 0.15) is 42.5 Å². The molecule has 0 radical (unpaired) electrons. The molecule has 21 heavy (non-hydrogen) atoms. The van der Waals surface area contributed by atoms with Gasteiger partial charge in [0.05, 0.1) is 19.1 Å². The van der Waals surface area contributed by atoms with Crippen LogP contribution >= 0.6 is 15.9 Å². The van der Waals surface area contributed by atoms with E-state index in [9.17, 15) is 4.79 Å². The van der Waals surface area contributed by atoms with Gasteiger partial charge in [0.1, 0.15) is 0 Å². The zero-order valence-electron chi connectivity index (χ0n) is 12.4. The van der Waals surface area contributed by atoms with Crippen LogP contribution in [0.4, 0.5) is 0 Å². The number of benzene rings is 1. The maximum absolute atomic E-state index is 12.2. The summed E-state index contributed by atoms with van der Waals surface area (Å²) in [6.45, 7) is 3.51. The van der Waals surface area contributed by atoms with Gasteiger partial charge in [0.2, 0.25) is 0 Å². The highest BCUT2D eigenvalue weighted by atomic mass is 79.9. The van der Waals surface area contributed by atoms with Crippen LogP contribution in [0.25, 0.3) is 0 Å². The quantitative estimate of drug-likeness (QED) is 0.858. The molecule has 3 nitrogen and oxygen atoms in total. The number of fused-ring (bicyclic) bond motifs is 1. The first-order valence-corrected chi connectivity index (χ1v) is 8.91. The third-order valence-electron chi connectivity index (χ3n) is 5.06. The molecular formula is C17H24BrN2O+. The maximum Gasteiger partial charge on any atom is 0.251 e. The summed E-state index contributed by atoms with van der Waals surface area (Å²) in [6, 6.07) is 8.36. The van der Waals surface area contributed by atoms with Crippen molar-refractivity contribution >= 4 is 21.8 Å². The second-order valence-corrected chi connectivity index (χ2v) is 7.30. The van der Waals surface area contributed by atoms with Crippen molar-refractivity contribution in [2.75, 3.05) is 19.6 Å². The van der Waals surface area contributed by atoms with Crippen LogP contribution in [0.3, 0.4) is 0 Å². The summed E-state index contributed by atoms with van der Waals surface area (Å²) in [4.78, 5) is 14.0. The molecule has 2 aliphatic heterocycles. The molecule has 1 amide bonds. The molecule has 2 heterocycles. The van der Waals surface area contributed by atoms with Gasteiger partial charge < -0.3 is 10.2 Å². The Morgan fingerprint density at radius 1 is 1.14 bits per heavy atom. The van der Waals surface area contributed by atoms with Crippen molar-refractivity contribution < 1.29 is 9.69 Å². The van der Waals surface area contributed by atoms with Gasteiger partial charge >= 0.3 is 0 Å². The van der Waals surface area contributed by atoms with Crippen molar-refractivity contribution in [1.82, 2.24) is 5.32 Å². The zero-order chi connectivity index (χ0) is 14.7. The highest BCUT2D eigenvalue weighted by Gasteiger charge is 2.36. The van der Waals surface area contributed by atoms with Gasteiger partial charge in [-0.2, -0.15) is 0 Å². The predicted molar refractivity (Wildman–Crippen MR) is 87.5 cm³/mol. The third kappa shape index (κ3) is 3.67. The van der Waals surface area contributed by atoms with Crippen LogP contribution in [0.15, 0.2) is 28.7 Å². The molecule has 2 fully saturated rings. The fraction of sp³-hybridized carbons (Fsp3) is 0.588. The zero-order valence-corrected chi connectivity index (χ0v) is 14.0. The van der Waals surface area contributed by atoms with Gasteiger partial charge in [0.15, 0.2) is 0 Å². The Bertz CT molecular complexity index is 486. The Hall–Kier alpha value is -0.870. The molecular weight excluding hydrogens is 328 g/mol. The lowest BCUT2D eigenvalue weighted by molar-refractivity contribution is -0.939. The third-order valence-corrected chi connectivity index (χ3v) is 5.59. The minimum atomic E-state index is 0.0606. The molecule has 2 saturated heterocycles. The fourth-order valence-corrected chi connectivity index (χ4v) is 4.21. The van der Waals surface area contributed by atoms with Gasteiger partial charge in [-0.25, -0.2) is 0 Å². The number of hydrogen-bond donors (Lipinski definition) is 2. The summed E-state index contributed by atoms with van der Waals surface area (Å²) in [6.07, 6.45) is 6.67. The molecule has 2 aliphatic rings. The number of carbonyl (C=O) groups excluding carboxylic acids is 1. The Morgan fingerprint density at radius 2 is 1.90 bits per heavy atom. The smallest absolute Gasteiger partial charge is 0.251 e. The molecule has 1 unspecified atom stereocenters. The van der Waals surface area contributed by atoms with Gasteiger partial charge in [-0.15, -0.1) is 0 Å². The fourth-order valence-electron chi connectivity index (χ4n) is 3.95. The second kappa shape index (κ2) is 6.93. The van der Waals surface area contributed by atoms with Crippen LogP contribution < -0.4 is 10.2 Å². The minimum Gasteiger partial charge on any atom is -0.352 e. The van der Waals surface area contributed by atoms with Gasteiger partial charge in [-0.05, 0) is 56.4 Å². The summed E-state index contributed by atoms with van der Waals surface area (Å²) in [5, 5.41) is 3.15. The standard InChI is InChI=1S/C17H23BrN2O/c18-15-8-6-13(7-9-15)17(21)19-12-14-4-3-11-20-10-2-1-5-16(14)20/h6-9,14,16H,1-5,10-12H2,(H,19,21)/p+1/t14-,16+/m1/s1. The molecule has 0 aliphatic carbocycles. The Morgan fingerprint density at radius 3 is 2.71 bits per heavy atom. The molecule has 2 N–H and O–H groups in total. The van der Waals surface area contributed by atoms with E-state index in [-0.39, 0.29) is 5.91 Å². The number of piperidine rings is 2. The number of amides is 1. The SMILES string of the molecule is O=C(NC[C@H]1CCC[NH+]2CCCC[C@@H]12)c1ccc(Br)cc1. The van der Waals surface area contributed by atoms with Gasteiger partial charge in [0.25, 0.3) is 5.91 Å². The van der Waals surface area contributed by atoms with Gasteiger partial charge in [-0.1, -0.05) is 15.9 Å².